The number of anilines is 3. The third kappa shape index (κ3) is 2.85. The van der Waals surface area contributed by atoms with Crippen molar-refractivity contribution in [1.82, 2.24) is 4.98 Å². The van der Waals surface area contributed by atoms with E-state index >= 15 is 0 Å². The van der Waals surface area contributed by atoms with Crippen LogP contribution in [-0.2, 0) is 0 Å². The second-order valence-electron chi connectivity index (χ2n) is 4.36. The molecule has 2 rings (SSSR count). The Morgan fingerprint density at radius 2 is 2.16 bits per heavy atom. The van der Waals surface area contributed by atoms with Gasteiger partial charge in [-0.15, -0.1) is 0 Å². The highest BCUT2D eigenvalue weighted by Crippen LogP contribution is 2.24. The van der Waals surface area contributed by atoms with Crippen LogP contribution in [0.4, 0.5) is 17.4 Å². The zero-order valence-electron chi connectivity index (χ0n) is 11.0. The maximum Gasteiger partial charge on any atom is 0.357 e. The predicted molar refractivity (Wildman–Crippen MR) is 72.3 cm³/mol. The van der Waals surface area contributed by atoms with E-state index in [4.69, 9.17) is 9.52 Å². The number of oxazole rings is 1. The Bertz CT molecular complexity index is 605. The molecular weight excluding hydrogens is 246 g/mol. The lowest BCUT2D eigenvalue weighted by Gasteiger charge is -2.16. The molecule has 0 spiro atoms. The average Bonchev–Trinajstić information content (AvgIpc) is 2.80. The van der Waals surface area contributed by atoms with Gasteiger partial charge in [0.05, 0.1) is 0 Å². The molecule has 6 nitrogen and oxygen atoms in total. The van der Waals surface area contributed by atoms with E-state index < -0.39 is 5.97 Å². The minimum absolute atomic E-state index is 0.123. The number of aromatic carboxylic acids is 1. The maximum absolute atomic E-state index is 10.7. The van der Waals surface area contributed by atoms with Crippen LogP contribution in [0.25, 0.3) is 0 Å². The number of carboxylic acids is 1. The SMILES string of the molecule is Cc1ccc(Nc2nc(C(=O)O)co2)cc1N(C)C. The number of hydrogen-bond donors (Lipinski definition) is 2. The van der Waals surface area contributed by atoms with Crippen molar-refractivity contribution in [3.63, 3.8) is 0 Å². The fourth-order valence-corrected chi connectivity index (χ4v) is 1.72. The van der Waals surface area contributed by atoms with Crippen LogP contribution in [-0.4, -0.2) is 30.2 Å². The van der Waals surface area contributed by atoms with Gasteiger partial charge in [0.1, 0.15) is 6.26 Å². The molecule has 2 N–H and O–H groups in total. The van der Waals surface area contributed by atoms with E-state index in [-0.39, 0.29) is 11.7 Å². The Morgan fingerprint density at radius 1 is 1.42 bits per heavy atom. The van der Waals surface area contributed by atoms with E-state index in [1.165, 1.54) is 0 Å². The highest BCUT2D eigenvalue weighted by molar-refractivity contribution is 5.85. The maximum atomic E-state index is 10.7. The van der Waals surface area contributed by atoms with Crippen molar-refractivity contribution in [1.29, 1.82) is 0 Å². The molecule has 19 heavy (non-hydrogen) atoms. The molecular formula is C13H15N3O3. The number of hydrogen-bond acceptors (Lipinski definition) is 5. The third-order valence-corrected chi connectivity index (χ3v) is 2.67. The Labute approximate surface area is 110 Å². The fourth-order valence-electron chi connectivity index (χ4n) is 1.72. The van der Waals surface area contributed by atoms with Crippen LogP contribution in [0.15, 0.2) is 28.9 Å². The molecule has 1 aromatic carbocycles. The molecule has 0 aliphatic carbocycles. The summed E-state index contributed by atoms with van der Waals surface area (Å²) in [6.45, 7) is 2.02. The third-order valence-electron chi connectivity index (χ3n) is 2.67. The summed E-state index contributed by atoms with van der Waals surface area (Å²) < 4.78 is 5.04. The predicted octanol–water partition coefficient (Wildman–Crippen LogP) is 2.49. The molecule has 0 atom stereocenters. The molecule has 0 fully saturated rings. The smallest absolute Gasteiger partial charge is 0.357 e. The van der Waals surface area contributed by atoms with Gasteiger partial charge < -0.3 is 19.7 Å². The van der Waals surface area contributed by atoms with E-state index in [9.17, 15) is 4.79 Å². The lowest BCUT2D eigenvalue weighted by molar-refractivity contribution is 0.0690. The minimum atomic E-state index is -1.12. The number of rotatable bonds is 4. The molecule has 0 aliphatic rings. The fraction of sp³-hybridized carbons (Fsp3) is 0.231. The van der Waals surface area contributed by atoms with Gasteiger partial charge in [0.15, 0.2) is 5.69 Å². The van der Waals surface area contributed by atoms with Crippen LogP contribution in [0.5, 0.6) is 0 Å². The van der Waals surface area contributed by atoms with Crippen LogP contribution in [0.2, 0.25) is 0 Å². The molecule has 1 aromatic heterocycles. The van der Waals surface area contributed by atoms with Crippen LogP contribution in [0.3, 0.4) is 0 Å². The first-order chi connectivity index (χ1) is 8.97. The van der Waals surface area contributed by atoms with Gasteiger partial charge in [0.2, 0.25) is 0 Å². The molecule has 1 heterocycles. The van der Waals surface area contributed by atoms with Gasteiger partial charge in [-0.3, -0.25) is 0 Å². The van der Waals surface area contributed by atoms with Gasteiger partial charge >= 0.3 is 5.97 Å². The lowest BCUT2D eigenvalue weighted by Crippen LogP contribution is -2.10. The summed E-state index contributed by atoms with van der Waals surface area (Å²) in [4.78, 5) is 16.5. The number of carbonyl (C=O) groups is 1. The van der Waals surface area contributed by atoms with Gasteiger partial charge in [-0.05, 0) is 24.6 Å². The average molecular weight is 261 g/mol. The van der Waals surface area contributed by atoms with Gasteiger partial charge in [-0.1, -0.05) is 6.07 Å². The zero-order chi connectivity index (χ0) is 14.0. The van der Waals surface area contributed by atoms with Gasteiger partial charge in [0, 0.05) is 25.5 Å². The summed E-state index contributed by atoms with van der Waals surface area (Å²) in [5, 5.41) is 11.7. The molecule has 0 aliphatic heterocycles. The van der Waals surface area contributed by atoms with Crippen molar-refractivity contribution in [3.05, 3.63) is 35.7 Å². The molecule has 0 radical (unpaired) electrons. The van der Waals surface area contributed by atoms with Gasteiger partial charge in [-0.2, -0.15) is 4.98 Å². The molecule has 0 saturated heterocycles. The molecule has 6 heteroatoms. The van der Waals surface area contributed by atoms with E-state index in [1.54, 1.807) is 0 Å². The van der Waals surface area contributed by atoms with E-state index in [1.807, 2.05) is 44.1 Å². The van der Waals surface area contributed by atoms with Crippen molar-refractivity contribution in [2.45, 2.75) is 6.92 Å². The second kappa shape index (κ2) is 5.01. The molecule has 100 valence electrons. The highest BCUT2D eigenvalue weighted by Gasteiger charge is 2.11. The van der Waals surface area contributed by atoms with Crippen molar-refractivity contribution >= 4 is 23.4 Å². The molecule has 0 unspecified atom stereocenters. The second-order valence-corrected chi connectivity index (χ2v) is 4.36. The first-order valence-electron chi connectivity index (χ1n) is 5.71. The Morgan fingerprint density at radius 3 is 2.74 bits per heavy atom. The topological polar surface area (TPSA) is 78.6 Å². The van der Waals surface area contributed by atoms with E-state index in [2.05, 4.69) is 10.3 Å². The highest BCUT2D eigenvalue weighted by atomic mass is 16.4. The summed E-state index contributed by atoms with van der Waals surface area (Å²) >= 11 is 0. The standard InChI is InChI=1S/C13H15N3O3/c1-8-4-5-9(6-11(8)16(2)3)14-13-15-10(7-19-13)12(17)18/h4-7H,1-3H3,(H,14,15)(H,17,18). The van der Waals surface area contributed by atoms with E-state index in [0.717, 1.165) is 23.2 Å². The first kappa shape index (κ1) is 12.9. The number of nitrogens with one attached hydrogen (secondary N) is 1. The number of aromatic nitrogens is 1. The van der Waals surface area contributed by atoms with Gasteiger partial charge in [0.25, 0.3) is 6.01 Å². The largest absolute Gasteiger partial charge is 0.476 e. The van der Waals surface area contributed by atoms with Crippen LogP contribution < -0.4 is 10.2 Å². The summed E-state index contributed by atoms with van der Waals surface area (Å²) in [7, 11) is 3.92. The number of nitrogens with zero attached hydrogens (tertiary/aromatic N) is 2. The van der Waals surface area contributed by atoms with Crippen LogP contribution in [0.1, 0.15) is 16.1 Å². The number of benzene rings is 1. The Balaban J connectivity index is 2.23. The van der Waals surface area contributed by atoms with E-state index in [0.29, 0.717) is 0 Å². The molecule has 0 amide bonds. The van der Waals surface area contributed by atoms with Crippen molar-refractivity contribution in [2.75, 3.05) is 24.3 Å². The minimum Gasteiger partial charge on any atom is -0.476 e. The van der Waals surface area contributed by atoms with Crippen molar-refractivity contribution in [3.8, 4) is 0 Å². The van der Waals surface area contributed by atoms with Crippen molar-refractivity contribution < 1.29 is 14.3 Å². The van der Waals surface area contributed by atoms with Crippen LogP contribution in [0, 0.1) is 6.92 Å². The zero-order valence-corrected chi connectivity index (χ0v) is 11.0. The number of aryl methyl sites for hydroxylation is 1. The Kier molecular flexibility index (Phi) is 3.41. The summed E-state index contributed by atoms with van der Waals surface area (Å²) in [5.74, 6) is -1.12. The number of carboxylic acid groups (broad SMARTS) is 1. The normalized spacial score (nSPS) is 10.3. The Hall–Kier alpha value is -2.50. The first-order valence-corrected chi connectivity index (χ1v) is 5.71. The quantitative estimate of drug-likeness (QED) is 0.880. The van der Waals surface area contributed by atoms with Crippen LogP contribution >= 0.6 is 0 Å². The summed E-state index contributed by atoms with van der Waals surface area (Å²) in [5.41, 5.74) is 2.87. The summed E-state index contributed by atoms with van der Waals surface area (Å²) in [6.07, 6.45) is 1.10. The molecule has 0 saturated carbocycles. The van der Waals surface area contributed by atoms with Gasteiger partial charge in [-0.25, -0.2) is 4.79 Å². The lowest BCUT2D eigenvalue weighted by atomic mass is 10.1. The monoisotopic (exact) mass is 261 g/mol. The molecule has 2 aromatic rings. The van der Waals surface area contributed by atoms with Crippen molar-refractivity contribution in [2.24, 2.45) is 0 Å². The summed E-state index contributed by atoms with van der Waals surface area (Å²) in [6, 6.07) is 5.96. The molecule has 0 bridgehead atoms.